The van der Waals surface area contributed by atoms with Gasteiger partial charge in [-0.1, -0.05) is 11.3 Å². The Morgan fingerprint density at radius 3 is 3.00 bits per heavy atom. The smallest absolute Gasteiger partial charge is 0.232 e. The molecule has 25 heavy (non-hydrogen) atoms. The Labute approximate surface area is 162 Å². The highest BCUT2D eigenvalue weighted by Crippen LogP contribution is 2.48. The Morgan fingerprint density at radius 1 is 1.52 bits per heavy atom. The first-order chi connectivity index (χ1) is 13.3. The van der Waals surface area contributed by atoms with Crippen LogP contribution < -0.4 is 15.4 Å². The largest absolute Gasteiger partial charge is 0.480 e. The lowest BCUT2D eigenvalue weighted by Crippen LogP contribution is -2.32. The fraction of sp³-hybridized carbons (Fsp3) is 0.500. The van der Waals surface area contributed by atoms with Gasteiger partial charge in [0.05, 0.1) is 28.9 Å². The van der Waals surface area contributed by atoms with E-state index < -0.39 is 18.2 Å². The number of carbonyl (C=O) groups is 1. The van der Waals surface area contributed by atoms with Crippen LogP contribution in [0.2, 0.25) is 0 Å². The molecule has 7 nitrogen and oxygen atoms in total. The topological polar surface area (TPSA) is 89.0 Å². The van der Waals surface area contributed by atoms with E-state index in [0.29, 0.717) is 32.9 Å². The highest BCUT2D eigenvalue weighted by molar-refractivity contribution is 9.10. The minimum atomic E-state index is -2.49. The first-order valence-corrected chi connectivity index (χ1v) is 9.50. The summed E-state index contributed by atoms with van der Waals surface area (Å²) in [5.74, 6) is 0.458. The van der Waals surface area contributed by atoms with Crippen LogP contribution in [0.4, 0.5) is 10.9 Å². The Hall–Kier alpha value is -1.74. The van der Waals surface area contributed by atoms with Crippen LogP contribution in [0, 0.1) is 0 Å². The van der Waals surface area contributed by atoms with Gasteiger partial charge in [-0.25, -0.2) is 9.97 Å². The van der Waals surface area contributed by atoms with E-state index in [9.17, 15) is 4.79 Å². The number of rotatable bonds is 5. The summed E-state index contributed by atoms with van der Waals surface area (Å²) in [4.78, 5) is 25.7. The molecule has 1 saturated carbocycles. The molecule has 0 spiro atoms. The number of hydrogen-bond acceptors (Lipinski definition) is 7. The zero-order valence-electron chi connectivity index (χ0n) is 16.4. The van der Waals surface area contributed by atoms with Crippen LogP contribution in [0.5, 0.6) is 5.88 Å². The third-order valence-corrected chi connectivity index (χ3v) is 5.98. The van der Waals surface area contributed by atoms with Crippen molar-refractivity contribution in [3.8, 4) is 5.88 Å². The standard InChI is InChI=1S/C16H18BrN5O2S/c1-16(5-6-18-13(16)23)14-20-10(8-3-4-8)12(25-14)22-15-19-7-9(17)11(21-15)24-2/h7-8H,3-6H2,1-2H3,(H,18,23)(H,19,21,22)/t16-/m1/s1/i1D3. The fourth-order valence-corrected chi connectivity index (χ4v) is 4.24. The molecule has 4 rings (SSSR count). The third kappa shape index (κ3) is 2.99. The van der Waals surface area contributed by atoms with E-state index in [1.54, 1.807) is 6.20 Å². The molecule has 2 aromatic heterocycles. The van der Waals surface area contributed by atoms with Crippen LogP contribution in [-0.4, -0.2) is 34.5 Å². The molecule has 0 radical (unpaired) electrons. The number of anilines is 2. The number of nitrogens with one attached hydrogen (secondary N) is 2. The molecule has 0 aromatic carbocycles. The highest BCUT2D eigenvalue weighted by atomic mass is 79.9. The maximum absolute atomic E-state index is 12.6. The van der Waals surface area contributed by atoms with Crippen molar-refractivity contribution in [3.63, 3.8) is 0 Å². The van der Waals surface area contributed by atoms with Gasteiger partial charge in [0.2, 0.25) is 17.7 Å². The molecule has 1 atom stereocenters. The summed E-state index contributed by atoms with van der Waals surface area (Å²) in [6.45, 7) is -2.16. The van der Waals surface area contributed by atoms with Gasteiger partial charge in [-0.2, -0.15) is 4.98 Å². The third-order valence-electron chi connectivity index (χ3n) is 4.29. The van der Waals surface area contributed by atoms with Crippen molar-refractivity contribution in [2.24, 2.45) is 0 Å². The highest BCUT2D eigenvalue weighted by Gasteiger charge is 2.43. The maximum Gasteiger partial charge on any atom is 0.232 e. The van der Waals surface area contributed by atoms with Crippen molar-refractivity contribution in [3.05, 3.63) is 21.4 Å². The van der Waals surface area contributed by atoms with Crippen molar-refractivity contribution in [2.45, 2.75) is 37.4 Å². The lowest BCUT2D eigenvalue weighted by molar-refractivity contribution is -0.123. The van der Waals surface area contributed by atoms with Gasteiger partial charge in [-0.05, 0) is 42.0 Å². The van der Waals surface area contributed by atoms with Gasteiger partial charge in [0, 0.05) is 16.6 Å². The van der Waals surface area contributed by atoms with Crippen LogP contribution in [0.1, 0.15) is 46.8 Å². The number of ether oxygens (including phenoxy) is 1. The Kier molecular flexibility index (Phi) is 3.34. The van der Waals surface area contributed by atoms with Crippen molar-refractivity contribution in [1.29, 1.82) is 0 Å². The molecule has 1 saturated heterocycles. The number of nitrogens with zero attached hydrogens (tertiary/aromatic N) is 3. The molecule has 9 heteroatoms. The lowest BCUT2D eigenvalue weighted by atomic mass is 9.90. The molecule has 3 heterocycles. The Morgan fingerprint density at radius 2 is 2.36 bits per heavy atom. The molecule has 132 valence electrons. The normalized spacial score (nSPS) is 25.0. The molecule has 0 unspecified atom stereocenters. The number of hydrogen-bond donors (Lipinski definition) is 2. The second-order valence-corrected chi connectivity index (χ2v) is 7.95. The van der Waals surface area contributed by atoms with Crippen molar-refractivity contribution in [1.82, 2.24) is 20.3 Å². The van der Waals surface area contributed by atoms with Gasteiger partial charge in [0.25, 0.3) is 0 Å². The number of halogens is 1. The average molecular weight is 427 g/mol. The summed E-state index contributed by atoms with van der Waals surface area (Å²) in [6.07, 6.45) is 3.73. The van der Waals surface area contributed by atoms with E-state index in [1.807, 2.05) is 0 Å². The van der Waals surface area contributed by atoms with Gasteiger partial charge in [0.15, 0.2) is 0 Å². The monoisotopic (exact) mass is 426 g/mol. The summed E-state index contributed by atoms with van der Waals surface area (Å²) >= 11 is 4.50. The molecule has 1 aliphatic carbocycles. The summed E-state index contributed by atoms with van der Waals surface area (Å²) in [6, 6.07) is 0. The van der Waals surface area contributed by atoms with E-state index in [-0.39, 0.29) is 12.3 Å². The molecular formula is C16H18BrN5O2S. The van der Waals surface area contributed by atoms with E-state index in [2.05, 4.69) is 41.5 Å². The number of methoxy groups -OCH3 is 1. The Balaban J connectivity index is 1.75. The van der Waals surface area contributed by atoms with Gasteiger partial charge >= 0.3 is 0 Å². The maximum atomic E-state index is 12.6. The van der Waals surface area contributed by atoms with Crippen molar-refractivity contribution in [2.75, 3.05) is 19.0 Å². The molecule has 2 aliphatic rings. The summed E-state index contributed by atoms with van der Waals surface area (Å²) < 4.78 is 29.9. The van der Waals surface area contributed by atoms with Crippen LogP contribution in [0.15, 0.2) is 10.7 Å². The number of aromatic nitrogens is 3. The van der Waals surface area contributed by atoms with E-state index in [0.717, 1.165) is 18.5 Å². The first-order valence-electron chi connectivity index (χ1n) is 9.39. The summed E-state index contributed by atoms with van der Waals surface area (Å²) in [5.41, 5.74) is -0.840. The second-order valence-electron chi connectivity index (χ2n) is 6.09. The molecule has 0 bridgehead atoms. The van der Waals surface area contributed by atoms with Gasteiger partial charge in [0.1, 0.15) is 10.0 Å². The van der Waals surface area contributed by atoms with Gasteiger partial charge in [-0.15, -0.1) is 0 Å². The van der Waals surface area contributed by atoms with Crippen LogP contribution in [0.25, 0.3) is 0 Å². The van der Waals surface area contributed by atoms with Gasteiger partial charge < -0.3 is 15.4 Å². The quantitative estimate of drug-likeness (QED) is 0.763. The molecule has 2 fully saturated rings. The Bertz CT molecular complexity index is 933. The van der Waals surface area contributed by atoms with E-state index in [1.165, 1.54) is 18.4 Å². The first kappa shape index (κ1) is 13.5. The van der Waals surface area contributed by atoms with Crippen LogP contribution >= 0.6 is 27.3 Å². The lowest BCUT2D eigenvalue weighted by Gasteiger charge is -2.16. The molecule has 2 aromatic rings. The number of amides is 1. The zero-order chi connectivity index (χ0) is 20.1. The minimum Gasteiger partial charge on any atom is -0.480 e. The van der Waals surface area contributed by atoms with Crippen LogP contribution in [-0.2, 0) is 10.2 Å². The van der Waals surface area contributed by atoms with Crippen molar-refractivity contribution >= 4 is 44.1 Å². The molecular weight excluding hydrogens is 406 g/mol. The molecule has 1 amide bonds. The summed E-state index contributed by atoms with van der Waals surface area (Å²) in [5, 5.41) is 6.79. The van der Waals surface area contributed by atoms with Crippen molar-refractivity contribution < 1.29 is 13.6 Å². The SMILES string of the molecule is [2H]C([2H])([2H])[C@@]1(c2nc(C3CC3)c(Nc3ncc(Br)c(OC)n3)s2)CCNC1=O. The predicted molar refractivity (Wildman–Crippen MR) is 98.6 cm³/mol. The molecule has 2 N–H and O–H groups in total. The number of carbonyl (C=O) groups excluding carboxylic acids is 1. The average Bonchev–Trinajstić information content (AvgIpc) is 3.27. The van der Waals surface area contributed by atoms with E-state index in [4.69, 9.17) is 8.85 Å². The minimum absolute atomic E-state index is 0.196. The predicted octanol–water partition coefficient (Wildman–Crippen LogP) is 3.10. The van der Waals surface area contributed by atoms with Crippen LogP contribution in [0.3, 0.4) is 0 Å². The summed E-state index contributed by atoms with van der Waals surface area (Å²) in [7, 11) is 1.51. The molecule has 1 aliphatic heterocycles. The van der Waals surface area contributed by atoms with E-state index >= 15 is 0 Å². The second kappa shape index (κ2) is 6.21. The fourth-order valence-electron chi connectivity index (χ4n) is 2.73. The zero-order valence-corrected chi connectivity index (χ0v) is 15.8. The number of thiazole rings is 1. The van der Waals surface area contributed by atoms with Gasteiger partial charge in [-0.3, -0.25) is 4.79 Å².